The van der Waals surface area contributed by atoms with Gasteiger partial charge in [-0.05, 0) is 62.7 Å². The van der Waals surface area contributed by atoms with Gasteiger partial charge in [-0.15, -0.1) is 0 Å². The molecule has 0 radical (unpaired) electrons. The summed E-state index contributed by atoms with van der Waals surface area (Å²) in [4.78, 5) is 45.7. The largest absolute Gasteiger partial charge is 0.490 e. The van der Waals surface area contributed by atoms with E-state index in [1.165, 1.54) is 32.1 Å². The fourth-order valence-corrected chi connectivity index (χ4v) is 5.05. The lowest BCUT2D eigenvalue weighted by Gasteiger charge is -2.22. The molecule has 2 aromatic rings. The van der Waals surface area contributed by atoms with Gasteiger partial charge in [-0.25, -0.2) is 9.59 Å². The minimum Gasteiger partial charge on any atom is -0.475 e. The number of benzene rings is 1. The monoisotopic (exact) mass is 526 g/mol. The number of unbranched alkanes of at least 4 members (excludes halogenated alkanes) is 2. The number of fused-ring (bicyclic) bond motifs is 1. The van der Waals surface area contributed by atoms with Gasteiger partial charge < -0.3 is 10.4 Å². The average Bonchev–Trinajstić information content (AvgIpc) is 3.10. The third-order valence-corrected chi connectivity index (χ3v) is 6.97. The van der Waals surface area contributed by atoms with E-state index in [0.717, 1.165) is 48.4 Å². The number of aromatic nitrogens is 2. The number of alkyl halides is 3. The van der Waals surface area contributed by atoms with Crippen LogP contribution in [-0.2, 0) is 27.9 Å². The molecule has 9 nitrogen and oxygen atoms in total. The Labute approximate surface area is 212 Å². The van der Waals surface area contributed by atoms with Crippen molar-refractivity contribution in [2.45, 2.75) is 70.0 Å². The number of aryl methyl sites for hydroxylation is 2. The number of imide groups is 1. The summed E-state index contributed by atoms with van der Waals surface area (Å²) < 4.78 is 35.0. The van der Waals surface area contributed by atoms with Gasteiger partial charge in [0.15, 0.2) is 0 Å². The number of carboxylic acid groups (broad SMARTS) is 1. The summed E-state index contributed by atoms with van der Waals surface area (Å²) in [6, 6.07) is 5.33. The van der Waals surface area contributed by atoms with Crippen molar-refractivity contribution in [2.24, 2.45) is 13.0 Å². The summed E-state index contributed by atoms with van der Waals surface area (Å²) in [7, 11) is 1.77. The number of aliphatic carboxylic acids is 1. The number of hydrogen-bond donors (Lipinski definition) is 3. The van der Waals surface area contributed by atoms with Crippen molar-refractivity contribution >= 4 is 28.8 Å². The number of halogens is 3. The molecule has 1 atom stereocenters. The van der Waals surface area contributed by atoms with Crippen molar-refractivity contribution < 1.29 is 32.7 Å². The molecule has 12 heteroatoms. The van der Waals surface area contributed by atoms with Crippen molar-refractivity contribution in [1.29, 1.82) is 0 Å². The predicted octanol–water partition coefficient (Wildman–Crippen LogP) is 3.05. The second kappa shape index (κ2) is 12.4. The second-order valence-corrected chi connectivity index (χ2v) is 9.56. The SMILES string of the molecule is Cn1c(=O)n(C2CCC(=O)NC2=O)c2cccc(CCCCCC3CCNCC3)c21.O=C(O)C(F)(F)F. The molecular weight excluding hydrogens is 493 g/mol. The quantitative estimate of drug-likeness (QED) is 0.377. The van der Waals surface area contributed by atoms with Crippen LogP contribution in [0, 0.1) is 5.92 Å². The zero-order valence-electron chi connectivity index (χ0n) is 20.8. The van der Waals surface area contributed by atoms with Crippen LogP contribution in [0.1, 0.15) is 63.0 Å². The molecule has 3 heterocycles. The van der Waals surface area contributed by atoms with Gasteiger partial charge in [-0.2, -0.15) is 13.2 Å². The Balaban J connectivity index is 0.000000479. The molecule has 0 spiro atoms. The van der Waals surface area contributed by atoms with Crippen LogP contribution in [0.4, 0.5) is 13.2 Å². The lowest BCUT2D eigenvalue weighted by Crippen LogP contribution is -2.44. The van der Waals surface area contributed by atoms with Crippen LogP contribution >= 0.6 is 0 Å². The first-order valence-electron chi connectivity index (χ1n) is 12.5. The van der Waals surface area contributed by atoms with Crippen molar-refractivity contribution in [3.8, 4) is 0 Å². The lowest BCUT2D eigenvalue weighted by molar-refractivity contribution is -0.192. The van der Waals surface area contributed by atoms with E-state index in [9.17, 15) is 27.6 Å². The average molecular weight is 527 g/mol. The third-order valence-electron chi connectivity index (χ3n) is 6.97. The van der Waals surface area contributed by atoms with E-state index in [1.54, 1.807) is 16.2 Å². The molecule has 2 aliphatic heterocycles. The summed E-state index contributed by atoms with van der Waals surface area (Å²) in [5.41, 5.74) is 2.65. The number of nitrogens with zero attached hydrogens (tertiary/aromatic N) is 2. The van der Waals surface area contributed by atoms with Crippen molar-refractivity contribution in [3.05, 3.63) is 34.2 Å². The number of carbonyl (C=O) groups excluding carboxylic acids is 2. The Morgan fingerprint density at radius 3 is 2.38 bits per heavy atom. The van der Waals surface area contributed by atoms with Gasteiger partial charge in [0.05, 0.1) is 11.0 Å². The number of amides is 2. The molecule has 0 aliphatic carbocycles. The van der Waals surface area contributed by atoms with Gasteiger partial charge >= 0.3 is 17.8 Å². The van der Waals surface area contributed by atoms with E-state index in [0.29, 0.717) is 6.42 Å². The van der Waals surface area contributed by atoms with Crippen LogP contribution in [0.15, 0.2) is 23.0 Å². The molecule has 37 heavy (non-hydrogen) atoms. The molecule has 0 bridgehead atoms. The normalized spacial score (nSPS) is 18.9. The van der Waals surface area contributed by atoms with E-state index >= 15 is 0 Å². The van der Waals surface area contributed by atoms with Crippen LogP contribution in [0.3, 0.4) is 0 Å². The standard InChI is InChI=1S/C23H32N4O3.C2HF3O2/c1-26-21-17(7-4-2-3-6-16-12-14-24-15-13-16)8-5-9-18(21)27(23(26)30)19-10-11-20(28)25-22(19)29;3-2(4,5)1(6)7/h5,8-9,16,19,24H,2-4,6-7,10-15H2,1H3,(H,25,28,29);(H,6,7). The number of carboxylic acids is 1. The molecule has 1 unspecified atom stereocenters. The first kappa shape index (κ1) is 28.4. The fraction of sp³-hybridized carbons (Fsp3) is 0.600. The molecule has 2 saturated heterocycles. The Morgan fingerprint density at radius 1 is 1.08 bits per heavy atom. The molecular formula is C25H33F3N4O5. The number of hydrogen-bond acceptors (Lipinski definition) is 5. The first-order valence-corrected chi connectivity index (χ1v) is 12.5. The van der Waals surface area contributed by atoms with Crippen LogP contribution in [0.5, 0.6) is 0 Å². The first-order chi connectivity index (χ1) is 17.5. The zero-order valence-corrected chi connectivity index (χ0v) is 20.8. The lowest BCUT2D eigenvalue weighted by atomic mass is 9.92. The van der Waals surface area contributed by atoms with Crippen LogP contribution < -0.4 is 16.3 Å². The minimum atomic E-state index is -5.08. The second-order valence-electron chi connectivity index (χ2n) is 9.56. The van der Waals surface area contributed by atoms with E-state index in [-0.39, 0.29) is 23.9 Å². The summed E-state index contributed by atoms with van der Waals surface area (Å²) in [5, 5.41) is 12.9. The summed E-state index contributed by atoms with van der Waals surface area (Å²) in [6.45, 7) is 2.32. The Morgan fingerprint density at radius 2 is 1.76 bits per heavy atom. The maximum atomic E-state index is 13.0. The zero-order chi connectivity index (χ0) is 27.2. The molecule has 1 aromatic carbocycles. The highest BCUT2D eigenvalue weighted by Gasteiger charge is 2.38. The summed E-state index contributed by atoms with van der Waals surface area (Å²) >= 11 is 0. The number of carbonyl (C=O) groups is 3. The van der Waals surface area contributed by atoms with Crippen LogP contribution in [0.2, 0.25) is 0 Å². The Bertz CT molecular complexity index is 1180. The highest BCUT2D eigenvalue weighted by Crippen LogP contribution is 2.26. The fourth-order valence-electron chi connectivity index (χ4n) is 5.05. The van der Waals surface area contributed by atoms with Gasteiger partial charge in [-0.3, -0.25) is 24.0 Å². The molecule has 0 saturated carbocycles. The Hall–Kier alpha value is -3.15. The molecule has 2 aliphatic rings. The molecule has 1 aromatic heterocycles. The Kier molecular flexibility index (Phi) is 9.52. The number of imidazole rings is 1. The van der Waals surface area contributed by atoms with E-state index in [4.69, 9.17) is 9.90 Å². The molecule has 4 rings (SSSR count). The molecule has 204 valence electrons. The van der Waals surface area contributed by atoms with Crippen LogP contribution in [0.25, 0.3) is 11.0 Å². The summed E-state index contributed by atoms with van der Waals surface area (Å²) in [5.74, 6) is -2.54. The van der Waals surface area contributed by atoms with Gasteiger partial charge in [-0.1, -0.05) is 31.4 Å². The van der Waals surface area contributed by atoms with Crippen molar-refractivity contribution in [2.75, 3.05) is 13.1 Å². The van der Waals surface area contributed by atoms with Gasteiger partial charge in [0, 0.05) is 13.5 Å². The maximum Gasteiger partial charge on any atom is 0.490 e. The smallest absolute Gasteiger partial charge is 0.475 e. The number of nitrogens with one attached hydrogen (secondary N) is 2. The maximum absolute atomic E-state index is 13.0. The molecule has 2 amide bonds. The predicted molar refractivity (Wildman–Crippen MR) is 130 cm³/mol. The van der Waals surface area contributed by atoms with Crippen LogP contribution in [-0.4, -0.2) is 51.3 Å². The van der Waals surface area contributed by atoms with Gasteiger partial charge in [0.2, 0.25) is 11.8 Å². The highest BCUT2D eigenvalue weighted by molar-refractivity contribution is 6.00. The van der Waals surface area contributed by atoms with Gasteiger partial charge in [0.25, 0.3) is 0 Å². The molecule has 2 fully saturated rings. The topological polar surface area (TPSA) is 122 Å². The molecule has 3 N–H and O–H groups in total. The number of piperidine rings is 2. The van der Waals surface area contributed by atoms with E-state index < -0.39 is 18.2 Å². The van der Waals surface area contributed by atoms with Crippen molar-refractivity contribution in [1.82, 2.24) is 19.8 Å². The number of para-hydroxylation sites is 1. The third kappa shape index (κ3) is 7.21. The number of rotatable bonds is 7. The van der Waals surface area contributed by atoms with Gasteiger partial charge in [0.1, 0.15) is 6.04 Å². The van der Waals surface area contributed by atoms with E-state index in [1.807, 2.05) is 12.1 Å². The highest BCUT2D eigenvalue weighted by atomic mass is 19.4. The minimum absolute atomic E-state index is 0.196. The van der Waals surface area contributed by atoms with Crippen molar-refractivity contribution in [3.63, 3.8) is 0 Å². The summed E-state index contributed by atoms with van der Waals surface area (Å²) in [6.07, 6.45) is 3.94. The van der Waals surface area contributed by atoms with E-state index in [2.05, 4.69) is 16.7 Å².